The van der Waals surface area contributed by atoms with Crippen molar-refractivity contribution in [1.82, 2.24) is 15.1 Å². The second-order valence-electron chi connectivity index (χ2n) is 6.04. The van der Waals surface area contributed by atoms with Gasteiger partial charge in [-0.1, -0.05) is 36.4 Å². The number of piperazine rings is 1. The Morgan fingerprint density at radius 3 is 2.15 bits per heavy atom. The molecule has 2 aromatic carbocycles. The summed E-state index contributed by atoms with van der Waals surface area (Å²) >= 11 is 7.32. The van der Waals surface area contributed by atoms with E-state index in [0.717, 1.165) is 36.1 Å². The zero-order valence-electron chi connectivity index (χ0n) is 14.6. The zero-order chi connectivity index (χ0) is 18.2. The second kappa shape index (κ2) is 9.59. The van der Waals surface area contributed by atoms with Crippen LogP contribution in [0.4, 0.5) is 0 Å². The molecule has 3 rings (SSSR count). The number of thiocarbonyl (C=S) groups is 1. The van der Waals surface area contributed by atoms with Gasteiger partial charge in [0.1, 0.15) is 0 Å². The van der Waals surface area contributed by atoms with E-state index in [1.165, 1.54) is 4.90 Å². The van der Waals surface area contributed by atoms with Gasteiger partial charge in [0, 0.05) is 48.9 Å². The van der Waals surface area contributed by atoms with Crippen LogP contribution in [-0.4, -0.2) is 59.3 Å². The maximum absolute atomic E-state index is 12.5. The molecule has 0 aromatic heterocycles. The number of hydrogen-bond acceptors (Lipinski definition) is 3. The maximum atomic E-state index is 12.5. The first-order chi connectivity index (χ1) is 12.7. The number of carbonyl (C=O) groups excluding carboxylic acids is 1. The maximum Gasteiger partial charge on any atom is 0.253 e. The van der Waals surface area contributed by atoms with Crippen LogP contribution in [0, 0.1) is 0 Å². The number of thioether (sulfide) groups is 1. The Bertz CT molecular complexity index is 716. The fraction of sp³-hybridized carbons (Fsp3) is 0.300. The van der Waals surface area contributed by atoms with Crippen LogP contribution in [-0.2, 0) is 0 Å². The molecule has 0 spiro atoms. The molecule has 4 nitrogen and oxygen atoms in total. The lowest BCUT2D eigenvalue weighted by Crippen LogP contribution is -2.53. The highest BCUT2D eigenvalue weighted by atomic mass is 32.2. The third-order valence-electron chi connectivity index (χ3n) is 4.27. The van der Waals surface area contributed by atoms with Crippen molar-refractivity contribution in [2.24, 2.45) is 0 Å². The Labute approximate surface area is 164 Å². The van der Waals surface area contributed by atoms with Gasteiger partial charge in [-0.25, -0.2) is 0 Å². The number of carbonyl (C=O) groups is 1. The minimum atomic E-state index is 0.100. The molecule has 0 radical (unpaired) electrons. The number of nitrogens with zero attached hydrogens (tertiary/aromatic N) is 2. The summed E-state index contributed by atoms with van der Waals surface area (Å²) < 4.78 is 0. The molecule has 0 bridgehead atoms. The van der Waals surface area contributed by atoms with E-state index in [1.807, 2.05) is 53.1 Å². The molecular formula is C20H23N3OS2. The first-order valence-corrected chi connectivity index (χ1v) is 10.2. The smallest absolute Gasteiger partial charge is 0.253 e. The highest BCUT2D eigenvalue weighted by Gasteiger charge is 2.23. The molecule has 1 aliphatic rings. The molecule has 1 heterocycles. The van der Waals surface area contributed by atoms with Crippen LogP contribution in [0.25, 0.3) is 0 Å². The van der Waals surface area contributed by atoms with Crippen molar-refractivity contribution in [3.8, 4) is 0 Å². The third kappa shape index (κ3) is 5.22. The van der Waals surface area contributed by atoms with Crippen LogP contribution < -0.4 is 5.32 Å². The predicted molar refractivity (Wildman–Crippen MR) is 112 cm³/mol. The van der Waals surface area contributed by atoms with E-state index < -0.39 is 0 Å². The zero-order valence-corrected chi connectivity index (χ0v) is 16.3. The molecule has 1 fully saturated rings. The SMILES string of the molecule is O=C(c1ccccc1)N1CCN(C(=S)NCCSc2ccccc2)CC1. The Kier molecular flexibility index (Phi) is 6.91. The fourth-order valence-electron chi connectivity index (χ4n) is 2.83. The largest absolute Gasteiger partial charge is 0.362 e. The van der Waals surface area contributed by atoms with E-state index in [4.69, 9.17) is 12.2 Å². The summed E-state index contributed by atoms with van der Waals surface area (Å²) in [5, 5.41) is 4.11. The lowest BCUT2D eigenvalue weighted by molar-refractivity contribution is 0.0691. The molecule has 0 unspecified atom stereocenters. The fourth-order valence-corrected chi connectivity index (χ4v) is 3.91. The van der Waals surface area contributed by atoms with Crippen molar-refractivity contribution in [1.29, 1.82) is 0 Å². The van der Waals surface area contributed by atoms with Crippen molar-refractivity contribution < 1.29 is 4.79 Å². The van der Waals surface area contributed by atoms with Crippen LogP contribution in [0.3, 0.4) is 0 Å². The summed E-state index contributed by atoms with van der Waals surface area (Å²) in [5.41, 5.74) is 0.750. The van der Waals surface area contributed by atoms with E-state index in [-0.39, 0.29) is 5.91 Å². The Morgan fingerprint density at radius 1 is 0.923 bits per heavy atom. The van der Waals surface area contributed by atoms with E-state index in [0.29, 0.717) is 13.1 Å². The van der Waals surface area contributed by atoms with Gasteiger partial charge in [-0.2, -0.15) is 0 Å². The van der Waals surface area contributed by atoms with Crippen LogP contribution in [0.15, 0.2) is 65.6 Å². The summed E-state index contributed by atoms with van der Waals surface area (Å²) in [7, 11) is 0. The molecule has 0 saturated carbocycles. The topological polar surface area (TPSA) is 35.6 Å². The molecule has 0 aliphatic carbocycles. The lowest BCUT2D eigenvalue weighted by atomic mass is 10.2. The van der Waals surface area contributed by atoms with Crippen LogP contribution in [0.2, 0.25) is 0 Å². The van der Waals surface area contributed by atoms with E-state index >= 15 is 0 Å². The molecule has 26 heavy (non-hydrogen) atoms. The van der Waals surface area contributed by atoms with Crippen molar-refractivity contribution in [3.05, 3.63) is 66.2 Å². The highest BCUT2D eigenvalue weighted by molar-refractivity contribution is 7.99. The summed E-state index contributed by atoms with van der Waals surface area (Å²) in [6.07, 6.45) is 0. The molecule has 2 aromatic rings. The average molecular weight is 386 g/mol. The van der Waals surface area contributed by atoms with Crippen LogP contribution in [0.5, 0.6) is 0 Å². The van der Waals surface area contributed by atoms with Gasteiger partial charge in [0.05, 0.1) is 0 Å². The van der Waals surface area contributed by atoms with Crippen molar-refractivity contribution in [2.45, 2.75) is 4.90 Å². The molecular weight excluding hydrogens is 362 g/mol. The minimum Gasteiger partial charge on any atom is -0.362 e. The van der Waals surface area contributed by atoms with Crippen molar-refractivity contribution >= 4 is 35.0 Å². The molecule has 1 aliphatic heterocycles. The van der Waals surface area contributed by atoms with Gasteiger partial charge in [-0.15, -0.1) is 11.8 Å². The highest BCUT2D eigenvalue weighted by Crippen LogP contribution is 2.16. The molecule has 0 atom stereocenters. The predicted octanol–water partition coefficient (Wildman–Crippen LogP) is 3.11. The number of hydrogen-bond donors (Lipinski definition) is 1. The van der Waals surface area contributed by atoms with Crippen LogP contribution in [0.1, 0.15) is 10.4 Å². The third-order valence-corrected chi connectivity index (χ3v) is 5.68. The first-order valence-electron chi connectivity index (χ1n) is 8.79. The minimum absolute atomic E-state index is 0.100. The van der Waals surface area contributed by atoms with E-state index in [2.05, 4.69) is 34.5 Å². The Hall–Kier alpha value is -2.05. The standard InChI is InChI=1S/C20H23N3OS2/c24-19(17-7-3-1-4-8-17)22-12-14-23(15-13-22)20(25)21-11-16-26-18-9-5-2-6-10-18/h1-10H,11-16H2,(H,21,25). The normalized spacial score (nSPS) is 14.2. The van der Waals surface area contributed by atoms with Crippen molar-refractivity contribution in [2.75, 3.05) is 38.5 Å². The number of rotatable bonds is 5. The summed E-state index contributed by atoms with van der Waals surface area (Å²) in [6.45, 7) is 3.79. The second-order valence-corrected chi connectivity index (χ2v) is 7.59. The quantitative estimate of drug-likeness (QED) is 0.486. The number of amides is 1. The molecule has 1 saturated heterocycles. The van der Waals surface area contributed by atoms with Gasteiger partial charge in [0.15, 0.2) is 5.11 Å². The van der Waals surface area contributed by atoms with Gasteiger partial charge in [0.25, 0.3) is 5.91 Å². The number of benzene rings is 2. The van der Waals surface area contributed by atoms with E-state index in [9.17, 15) is 4.79 Å². The van der Waals surface area contributed by atoms with Gasteiger partial charge in [-0.05, 0) is 36.5 Å². The van der Waals surface area contributed by atoms with Crippen LogP contribution >= 0.6 is 24.0 Å². The van der Waals surface area contributed by atoms with E-state index in [1.54, 1.807) is 0 Å². The molecule has 1 amide bonds. The van der Waals surface area contributed by atoms with Gasteiger partial charge in [-0.3, -0.25) is 4.79 Å². The number of nitrogens with one attached hydrogen (secondary N) is 1. The van der Waals surface area contributed by atoms with Gasteiger partial charge < -0.3 is 15.1 Å². The lowest BCUT2D eigenvalue weighted by Gasteiger charge is -2.36. The first kappa shape index (κ1) is 18.7. The molecule has 136 valence electrons. The van der Waals surface area contributed by atoms with Gasteiger partial charge >= 0.3 is 0 Å². The average Bonchev–Trinajstić information content (AvgIpc) is 2.72. The summed E-state index contributed by atoms with van der Waals surface area (Å²) in [6, 6.07) is 19.8. The Balaban J connectivity index is 1.37. The Morgan fingerprint density at radius 2 is 1.50 bits per heavy atom. The molecule has 1 N–H and O–H groups in total. The van der Waals surface area contributed by atoms with Crippen molar-refractivity contribution in [3.63, 3.8) is 0 Å². The summed E-state index contributed by atoms with van der Waals surface area (Å²) in [5.74, 6) is 1.07. The monoisotopic (exact) mass is 385 g/mol. The molecule has 6 heteroatoms. The summed E-state index contributed by atoms with van der Waals surface area (Å²) in [4.78, 5) is 17.8. The van der Waals surface area contributed by atoms with Gasteiger partial charge in [0.2, 0.25) is 0 Å².